The van der Waals surface area contributed by atoms with E-state index in [1.165, 1.54) is 18.2 Å². The van der Waals surface area contributed by atoms with Crippen molar-refractivity contribution in [3.8, 4) is 0 Å². The summed E-state index contributed by atoms with van der Waals surface area (Å²) in [5, 5.41) is 11.2. The van der Waals surface area contributed by atoms with Crippen LogP contribution < -0.4 is 9.80 Å². The van der Waals surface area contributed by atoms with Gasteiger partial charge in [-0.2, -0.15) is 0 Å². The Labute approximate surface area is 186 Å². The lowest BCUT2D eigenvalue weighted by Gasteiger charge is -2.43. The number of non-ortho nitro benzene ring substituents is 1. The van der Waals surface area contributed by atoms with Crippen LogP contribution in [0.15, 0.2) is 78.9 Å². The van der Waals surface area contributed by atoms with Crippen LogP contribution >= 0.6 is 0 Å². The van der Waals surface area contributed by atoms with Crippen LogP contribution in [0, 0.1) is 10.1 Å². The van der Waals surface area contributed by atoms with Crippen molar-refractivity contribution in [1.29, 1.82) is 0 Å². The standard InChI is InChI=1S/C25H23N3O4/c1-17-15-24(27(18(2)29)20-10-4-3-5-11-20)22-13-6-7-14-23(22)26(17)25(30)19-9-8-12-21(16-19)28(31)32/h3-14,16-17,24H,15H2,1-2H3/t17-,24-/m0/s1. The summed E-state index contributed by atoms with van der Waals surface area (Å²) in [4.78, 5) is 40.2. The van der Waals surface area contributed by atoms with E-state index in [0.717, 1.165) is 11.3 Å². The molecule has 0 fully saturated rings. The first-order valence-electron chi connectivity index (χ1n) is 10.4. The minimum absolute atomic E-state index is 0.0818. The van der Waals surface area contributed by atoms with Gasteiger partial charge in [-0.25, -0.2) is 0 Å². The zero-order chi connectivity index (χ0) is 22.8. The first-order chi connectivity index (χ1) is 15.4. The average Bonchev–Trinajstić information content (AvgIpc) is 2.79. The van der Waals surface area contributed by atoms with E-state index >= 15 is 0 Å². The van der Waals surface area contributed by atoms with Gasteiger partial charge in [0.25, 0.3) is 11.6 Å². The van der Waals surface area contributed by atoms with E-state index in [2.05, 4.69) is 0 Å². The smallest absolute Gasteiger partial charge is 0.270 e. The van der Waals surface area contributed by atoms with Crippen molar-refractivity contribution >= 4 is 28.9 Å². The molecule has 162 valence electrons. The van der Waals surface area contributed by atoms with Gasteiger partial charge in [0.1, 0.15) is 0 Å². The van der Waals surface area contributed by atoms with Crippen molar-refractivity contribution in [2.75, 3.05) is 9.80 Å². The molecule has 4 rings (SSSR count). The maximum atomic E-state index is 13.5. The van der Waals surface area contributed by atoms with Gasteiger partial charge in [-0.15, -0.1) is 0 Å². The zero-order valence-corrected chi connectivity index (χ0v) is 17.8. The molecule has 0 spiro atoms. The normalized spacial score (nSPS) is 17.4. The molecule has 3 aromatic rings. The number of carbonyl (C=O) groups is 2. The Morgan fingerprint density at radius 2 is 1.69 bits per heavy atom. The second-order valence-electron chi connectivity index (χ2n) is 7.87. The van der Waals surface area contributed by atoms with Crippen molar-refractivity contribution in [3.63, 3.8) is 0 Å². The lowest BCUT2D eigenvalue weighted by molar-refractivity contribution is -0.384. The molecule has 0 N–H and O–H groups in total. The molecule has 1 aliphatic rings. The molecule has 0 aromatic heterocycles. The molecule has 0 aliphatic carbocycles. The molecule has 0 bridgehead atoms. The van der Waals surface area contributed by atoms with Crippen LogP contribution in [0.4, 0.5) is 17.1 Å². The van der Waals surface area contributed by atoms with Gasteiger partial charge in [-0.1, -0.05) is 42.5 Å². The van der Waals surface area contributed by atoms with Crippen molar-refractivity contribution in [2.45, 2.75) is 32.4 Å². The first-order valence-corrected chi connectivity index (χ1v) is 10.4. The molecule has 7 nitrogen and oxygen atoms in total. The third-order valence-electron chi connectivity index (χ3n) is 5.77. The Morgan fingerprint density at radius 3 is 2.38 bits per heavy atom. The Balaban J connectivity index is 1.77. The summed E-state index contributed by atoms with van der Waals surface area (Å²) < 4.78 is 0. The number of hydrogen-bond acceptors (Lipinski definition) is 4. The highest BCUT2D eigenvalue weighted by atomic mass is 16.6. The van der Waals surface area contributed by atoms with E-state index in [9.17, 15) is 19.7 Å². The van der Waals surface area contributed by atoms with Crippen LogP contribution in [-0.4, -0.2) is 22.8 Å². The van der Waals surface area contributed by atoms with E-state index in [4.69, 9.17) is 0 Å². The van der Waals surface area contributed by atoms with Gasteiger partial charge in [-0.05, 0) is 43.2 Å². The largest absolute Gasteiger partial charge is 0.305 e. The highest BCUT2D eigenvalue weighted by molar-refractivity contribution is 6.08. The van der Waals surface area contributed by atoms with Gasteiger partial charge < -0.3 is 9.80 Å². The molecule has 7 heteroatoms. The predicted octanol–water partition coefficient (Wildman–Crippen LogP) is 5.13. The fourth-order valence-electron chi connectivity index (χ4n) is 4.40. The topological polar surface area (TPSA) is 83.8 Å². The maximum absolute atomic E-state index is 13.5. The number of anilines is 2. The maximum Gasteiger partial charge on any atom is 0.270 e. The minimum atomic E-state index is -0.509. The number of hydrogen-bond donors (Lipinski definition) is 0. The molecule has 3 aromatic carbocycles. The summed E-state index contributed by atoms with van der Waals surface area (Å²) in [6.07, 6.45) is 0.534. The number of nitro benzene ring substituents is 1. The van der Waals surface area contributed by atoms with Crippen LogP contribution in [0.2, 0.25) is 0 Å². The highest BCUT2D eigenvalue weighted by Gasteiger charge is 2.38. The molecule has 32 heavy (non-hydrogen) atoms. The van der Waals surface area contributed by atoms with E-state index < -0.39 is 4.92 Å². The van der Waals surface area contributed by atoms with Crippen molar-refractivity contribution in [2.24, 2.45) is 0 Å². The SMILES string of the molecule is CC(=O)N(c1ccccc1)[C@H]1C[C@H](C)N(C(=O)c2cccc([N+](=O)[O-])c2)c2ccccc21. The number of nitrogens with zero attached hydrogens (tertiary/aromatic N) is 3. The Kier molecular flexibility index (Phi) is 5.73. The van der Waals surface area contributed by atoms with Crippen molar-refractivity contribution in [3.05, 3.63) is 100 Å². The predicted molar refractivity (Wildman–Crippen MR) is 123 cm³/mol. The second kappa shape index (κ2) is 8.63. The van der Waals surface area contributed by atoms with Gasteiger partial charge in [0, 0.05) is 42.0 Å². The third-order valence-corrected chi connectivity index (χ3v) is 5.77. The Hall–Kier alpha value is -4.00. The number of nitro groups is 1. The summed E-state index contributed by atoms with van der Waals surface area (Å²) in [7, 11) is 0. The Bertz CT molecular complexity index is 1180. The van der Waals surface area contributed by atoms with Crippen molar-refractivity contribution in [1.82, 2.24) is 0 Å². The molecule has 0 saturated carbocycles. The Morgan fingerprint density at radius 1 is 1.00 bits per heavy atom. The number of para-hydroxylation sites is 2. The van der Waals surface area contributed by atoms with Crippen LogP contribution in [-0.2, 0) is 4.79 Å². The van der Waals surface area contributed by atoms with Crippen LogP contribution in [0.5, 0.6) is 0 Å². The van der Waals surface area contributed by atoms with Crippen LogP contribution in [0.1, 0.15) is 42.2 Å². The quantitative estimate of drug-likeness (QED) is 0.425. The number of rotatable bonds is 4. The third kappa shape index (κ3) is 3.85. The van der Waals surface area contributed by atoms with E-state index in [-0.39, 0.29) is 35.1 Å². The zero-order valence-electron chi connectivity index (χ0n) is 17.8. The molecule has 0 radical (unpaired) electrons. The molecule has 1 heterocycles. The fraction of sp³-hybridized carbons (Fsp3) is 0.200. The highest BCUT2D eigenvalue weighted by Crippen LogP contribution is 2.42. The van der Waals surface area contributed by atoms with Crippen molar-refractivity contribution < 1.29 is 14.5 Å². The van der Waals surface area contributed by atoms with Gasteiger partial charge in [-0.3, -0.25) is 19.7 Å². The summed E-state index contributed by atoms with van der Waals surface area (Å²) in [5.41, 5.74) is 2.49. The molecule has 0 saturated heterocycles. The average molecular weight is 429 g/mol. The molecular formula is C25H23N3O4. The van der Waals surface area contributed by atoms with E-state index in [0.29, 0.717) is 12.1 Å². The van der Waals surface area contributed by atoms with E-state index in [1.807, 2.05) is 61.5 Å². The van der Waals surface area contributed by atoms with Gasteiger partial charge in [0.2, 0.25) is 5.91 Å². The summed E-state index contributed by atoms with van der Waals surface area (Å²) in [6, 6.07) is 22.3. The lowest BCUT2D eigenvalue weighted by Crippen LogP contribution is -2.47. The summed E-state index contributed by atoms with van der Waals surface area (Å²) >= 11 is 0. The van der Waals surface area contributed by atoms with E-state index in [1.54, 1.807) is 22.8 Å². The second-order valence-corrected chi connectivity index (χ2v) is 7.87. The van der Waals surface area contributed by atoms with Gasteiger partial charge in [0.15, 0.2) is 0 Å². The summed E-state index contributed by atoms with van der Waals surface area (Å²) in [5.74, 6) is -0.386. The lowest BCUT2D eigenvalue weighted by atomic mass is 9.89. The van der Waals surface area contributed by atoms with Gasteiger partial charge >= 0.3 is 0 Å². The number of fused-ring (bicyclic) bond motifs is 1. The molecule has 2 atom stereocenters. The minimum Gasteiger partial charge on any atom is -0.305 e. The van der Waals surface area contributed by atoms with Crippen LogP contribution in [0.25, 0.3) is 0 Å². The first kappa shape index (κ1) is 21.2. The van der Waals surface area contributed by atoms with Gasteiger partial charge in [0.05, 0.1) is 11.0 Å². The molecule has 1 aliphatic heterocycles. The number of benzene rings is 3. The fourth-order valence-corrected chi connectivity index (χ4v) is 4.40. The molecular weight excluding hydrogens is 406 g/mol. The number of carbonyl (C=O) groups excluding carboxylic acids is 2. The summed E-state index contributed by atoms with van der Waals surface area (Å²) in [6.45, 7) is 3.47. The molecule has 2 amide bonds. The number of amides is 2. The molecule has 0 unspecified atom stereocenters. The van der Waals surface area contributed by atoms with Crippen LogP contribution in [0.3, 0.4) is 0 Å². The monoisotopic (exact) mass is 429 g/mol.